The molecule has 0 aliphatic heterocycles. The Morgan fingerprint density at radius 3 is 2.67 bits per heavy atom. The Hall–Kier alpha value is -1.15. The van der Waals surface area contributed by atoms with Gasteiger partial charge in [-0.15, -0.1) is 6.58 Å². The predicted molar refractivity (Wildman–Crippen MR) is 50.6 cm³/mol. The van der Waals surface area contributed by atoms with Crippen LogP contribution in [-0.2, 0) is 0 Å². The molecule has 0 fully saturated rings. The lowest BCUT2D eigenvalue weighted by atomic mass is 10.0. The summed E-state index contributed by atoms with van der Waals surface area (Å²) in [5.74, 6) is 0. The van der Waals surface area contributed by atoms with Crippen LogP contribution in [0.5, 0.6) is 0 Å². The van der Waals surface area contributed by atoms with Crippen LogP contribution in [-0.4, -0.2) is 4.98 Å². The maximum Gasteiger partial charge on any atom is 0.0333 e. The minimum Gasteiger partial charge on any atom is -0.324 e. The molecule has 0 amide bonds. The lowest BCUT2D eigenvalue weighted by Crippen LogP contribution is -2.10. The molecule has 1 heterocycles. The maximum atomic E-state index is 5.91. The number of hydrogen-bond donors (Lipinski definition) is 1. The SMILES string of the molecule is C=C(C)C[C@@H](N)c1ccncc1. The van der Waals surface area contributed by atoms with Gasteiger partial charge in [0, 0.05) is 18.4 Å². The average Bonchev–Trinajstić information content (AvgIpc) is 2.05. The minimum atomic E-state index is 0.0606. The normalized spacial score (nSPS) is 12.5. The zero-order valence-corrected chi connectivity index (χ0v) is 7.33. The highest BCUT2D eigenvalue weighted by atomic mass is 14.6. The number of aromatic nitrogens is 1. The topological polar surface area (TPSA) is 38.9 Å². The quantitative estimate of drug-likeness (QED) is 0.691. The molecular weight excluding hydrogens is 148 g/mol. The molecule has 0 saturated carbocycles. The van der Waals surface area contributed by atoms with Crippen LogP contribution < -0.4 is 5.73 Å². The van der Waals surface area contributed by atoms with Gasteiger partial charge >= 0.3 is 0 Å². The number of nitrogens with two attached hydrogens (primary N) is 1. The summed E-state index contributed by atoms with van der Waals surface area (Å²) >= 11 is 0. The highest BCUT2D eigenvalue weighted by molar-refractivity contribution is 5.16. The van der Waals surface area contributed by atoms with Crippen molar-refractivity contribution < 1.29 is 0 Å². The van der Waals surface area contributed by atoms with Gasteiger partial charge in [-0.25, -0.2) is 0 Å². The smallest absolute Gasteiger partial charge is 0.0333 e. The molecule has 0 saturated heterocycles. The molecule has 2 N–H and O–H groups in total. The van der Waals surface area contributed by atoms with E-state index in [4.69, 9.17) is 5.73 Å². The van der Waals surface area contributed by atoms with E-state index in [0.717, 1.165) is 17.6 Å². The van der Waals surface area contributed by atoms with Crippen LogP contribution in [0.1, 0.15) is 24.9 Å². The van der Waals surface area contributed by atoms with Gasteiger partial charge in [0.25, 0.3) is 0 Å². The molecule has 0 radical (unpaired) electrons. The van der Waals surface area contributed by atoms with Gasteiger partial charge in [-0.1, -0.05) is 5.57 Å². The zero-order valence-electron chi connectivity index (χ0n) is 7.33. The third kappa shape index (κ3) is 2.47. The summed E-state index contributed by atoms with van der Waals surface area (Å²) in [7, 11) is 0. The Morgan fingerprint density at radius 2 is 2.17 bits per heavy atom. The molecule has 12 heavy (non-hydrogen) atoms. The minimum absolute atomic E-state index is 0.0606. The van der Waals surface area contributed by atoms with E-state index in [1.54, 1.807) is 12.4 Å². The molecule has 1 atom stereocenters. The fourth-order valence-corrected chi connectivity index (χ4v) is 1.10. The summed E-state index contributed by atoms with van der Waals surface area (Å²) in [6.07, 6.45) is 4.35. The highest BCUT2D eigenvalue weighted by Crippen LogP contribution is 2.15. The van der Waals surface area contributed by atoms with E-state index in [2.05, 4.69) is 11.6 Å². The van der Waals surface area contributed by atoms with Gasteiger partial charge in [-0.3, -0.25) is 4.98 Å². The van der Waals surface area contributed by atoms with Gasteiger partial charge in [0.05, 0.1) is 0 Å². The molecule has 2 nitrogen and oxygen atoms in total. The molecule has 0 aliphatic rings. The average molecular weight is 162 g/mol. The van der Waals surface area contributed by atoms with E-state index in [-0.39, 0.29) is 6.04 Å². The molecule has 0 spiro atoms. The Labute approximate surface area is 73.1 Å². The number of rotatable bonds is 3. The Bertz CT molecular complexity index is 254. The first kappa shape index (κ1) is 8.94. The third-order valence-electron chi connectivity index (χ3n) is 1.70. The third-order valence-corrected chi connectivity index (χ3v) is 1.70. The van der Waals surface area contributed by atoms with Gasteiger partial charge < -0.3 is 5.73 Å². The fraction of sp³-hybridized carbons (Fsp3) is 0.300. The highest BCUT2D eigenvalue weighted by Gasteiger charge is 2.04. The van der Waals surface area contributed by atoms with E-state index in [9.17, 15) is 0 Å². The summed E-state index contributed by atoms with van der Waals surface area (Å²) in [6, 6.07) is 3.94. The van der Waals surface area contributed by atoms with Crippen LogP contribution in [0.3, 0.4) is 0 Å². The van der Waals surface area contributed by atoms with Crippen LogP contribution in [0.4, 0.5) is 0 Å². The molecular formula is C10H14N2. The summed E-state index contributed by atoms with van der Waals surface area (Å²) in [5.41, 5.74) is 8.14. The fourth-order valence-electron chi connectivity index (χ4n) is 1.10. The van der Waals surface area contributed by atoms with Crippen molar-refractivity contribution in [2.45, 2.75) is 19.4 Å². The van der Waals surface area contributed by atoms with Crippen molar-refractivity contribution in [1.29, 1.82) is 0 Å². The van der Waals surface area contributed by atoms with E-state index in [0.29, 0.717) is 0 Å². The van der Waals surface area contributed by atoms with Crippen LogP contribution in [0.2, 0.25) is 0 Å². The van der Waals surface area contributed by atoms with E-state index >= 15 is 0 Å². The van der Waals surface area contributed by atoms with Crippen LogP contribution in [0.15, 0.2) is 36.7 Å². The van der Waals surface area contributed by atoms with Gasteiger partial charge in [-0.2, -0.15) is 0 Å². The molecule has 0 unspecified atom stereocenters. The lowest BCUT2D eigenvalue weighted by Gasteiger charge is -2.10. The van der Waals surface area contributed by atoms with Gasteiger partial charge in [-0.05, 0) is 31.0 Å². The van der Waals surface area contributed by atoms with E-state index in [1.165, 1.54) is 0 Å². The Kier molecular flexibility index (Phi) is 3.00. The predicted octanol–water partition coefficient (Wildman–Crippen LogP) is 2.05. The van der Waals surface area contributed by atoms with Gasteiger partial charge in [0.15, 0.2) is 0 Å². The van der Waals surface area contributed by atoms with Crippen molar-refractivity contribution in [2.75, 3.05) is 0 Å². The van der Waals surface area contributed by atoms with Crippen LogP contribution in [0, 0.1) is 0 Å². The number of hydrogen-bond acceptors (Lipinski definition) is 2. The maximum absolute atomic E-state index is 5.91. The monoisotopic (exact) mass is 162 g/mol. The van der Waals surface area contributed by atoms with Crippen molar-refractivity contribution >= 4 is 0 Å². The summed E-state index contributed by atoms with van der Waals surface area (Å²) in [6.45, 7) is 5.81. The molecule has 0 aliphatic carbocycles. The van der Waals surface area contributed by atoms with E-state index in [1.807, 2.05) is 19.1 Å². The standard InChI is InChI=1S/C10H14N2/c1-8(2)7-10(11)9-3-5-12-6-4-9/h3-6,10H,1,7,11H2,2H3/t10-/m1/s1. The number of pyridine rings is 1. The molecule has 0 aromatic carbocycles. The van der Waals surface area contributed by atoms with Crippen LogP contribution in [0.25, 0.3) is 0 Å². The Balaban J connectivity index is 2.65. The molecule has 2 heteroatoms. The van der Waals surface area contributed by atoms with Gasteiger partial charge in [0.2, 0.25) is 0 Å². The van der Waals surface area contributed by atoms with Crippen molar-refractivity contribution in [1.82, 2.24) is 4.98 Å². The van der Waals surface area contributed by atoms with E-state index < -0.39 is 0 Å². The van der Waals surface area contributed by atoms with Crippen molar-refractivity contribution in [3.8, 4) is 0 Å². The molecule has 64 valence electrons. The second kappa shape index (κ2) is 4.02. The first-order valence-electron chi connectivity index (χ1n) is 4.00. The second-order valence-corrected chi connectivity index (χ2v) is 3.05. The molecule has 1 aromatic heterocycles. The second-order valence-electron chi connectivity index (χ2n) is 3.05. The first-order valence-corrected chi connectivity index (χ1v) is 4.00. The van der Waals surface area contributed by atoms with Gasteiger partial charge in [0.1, 0.15) is 0 Å². The summed E-state index contributed by atoms with van der Waals surface area (Å²) in [5, 5.41) is 0. The molecule has 1 aromatic rings. The largest absolute Gasteiger partial charge is 0.324 e. The Morgan fingerprint density at radius 1 is 1.58 bits per heavy atom. The zero-order chi connectivity index (χ0) is 8.97. The van der Waals surface area contributed by atoms with Crippen LogP contribution >= 0.6 is 0 Å². The number of nitrogens with zero attached hydrogens (tertiary/aromatic N) is 1. The van der Waals surface area contributed by atoms with Crippen molar-refractivity contribution in [3.63, 3.8) is 0 Å². The lowest BCUT2D eigenvalue weighted by molar-refractivity contribution is 0.716. The van der Waals surface area contributed by atoms with Crippen molar-refractivity contribution in [3.05, 3.63) is 42.2 Å². The first-order chi connectivity index (χ1) is 5.70. The molecule has 1 rings (SSSR count). The van der Waals surface area contributed by atoms with Crippen molar-refractivity contribution in [2.24, 2.45) is 5.73 Å². The molecule has 0 bridgehead atoms. The summed E-state index contributed by atoms with van der Waals surface area (Å²) < 4.78 is 0. The summed E-state index contributed by atoms with van der Waals surface area (Å²) in [4.78, 5) is 3.93.